The van der Waals surface area contributed by atoms with Gasteiger partial charge in [0, 0.05) is 6.54 Å². The predicted molar refractivity (Wildman–Crippen MR) is 125 cm³/mol. The number of carbonyl (C=O) groups is 1. The number of carboxylic acid groups (broad SMARTS) is 1. The van der Waals surface area contributed by atoms with Gasteiger partial charge in [0.15, 0.2) is 0 Å². The molecule has 0 bridgehead atoms. The first-order valence-corrected chi connectivity index (χ1v) is 10.4. The standard InChI is InChI=1S/C25H29N3O4/c1-18-15-24(26-16-23(18)32-21-11-9-20(31-3)10-12-21)27-22(19-7-5-4-6-8-19)13-14-28(2)17-25(29)30/h4-12,15-16,22H,13-14,17H2,1-3H3,(H,26,27)(H,29,30). The molecular formula is C25H29N3O4. The van der Waals surface area contributed by atoms with Crippen molar-refractivity contribution < 1.29 is 19.4 Å². The summed E-state index contributed by atoms with van der Waals surface area (Å²) in [5, 5.41) is 12.5. The molecule has 0 fully saturated rings. The molecule has 1 aromatic heterocycles. The van der Waals surface area contributed by atoms with Crippen molar-refractivity contribution in [3.05, 3.63) is 78.0 Å². The maximum atomic E-state index is 11.0. The third kappa shape index (κ3) is 6.72. The lowest BCUT2D eigenvalue weighted by molar-refractivity contribution is -0.138. The number of aliphatic carboxylic acids is 1. The van der Waals surface area contributed by atoms with Crippen LogP contribution in [-0.2, 0) is 4.79 Å². The summed E-state index contributed by atoms with van der Waals surface area (Å²) < 4.78 is 11.1. The van der Waals surface area contributed by atoms with Crippen LogP contribution < -0.4 is 14.8 Å². The van der Waals surface area contributed by atoms with Crippen LogP contribution in [0.5, 0.6) is 17.2 Å². The minimum absolute atomic E-state index is 0.00676. The van der Waals surface area contributed by atoms with E-state index in [1.54, 1.807) is 18.2 Å². The normalized spacial score (nSPS) is 11.8. The summed E-state index contributed by atoms with van der Waals surface area (Å²) >= 11 is 0. The number of hydrogen-bond donors (Lipinski definition) is 2. The van der Waals surface area contributed by atoms with E-state index in [-0.39, 0.29) is 12.6 Å². The van der Waals surface area contributed by atoms with Gasteiger partial charge in [0.2, 0.25) is 0 Å². The molecule has 0 radical (unpaired) electrons. The van der Waals surface area contributed by atoms with Crippen LogP contribution in [0.4, 0.5) is 5.82 Å². The highest BCUT2D eigenvalue weighted by atomic mass is 16.5. The fourth-order valence-electron chi connectivity index (χ4n) is 3.35. The van der Waals surface area contributed by atoms with Gasteiger partial charge in [-0.15, -0.1) is 0 Å². The van der Waals surface area contributed by atoms with Crippen molar-refractivity contribution in [2.24, 2.45) is 0 Å². The monoisotopic (exact) mass is 435 g/mol. The van der Waals surface area contributed by atoms with E-state index in [4.69, 9.17) is 14.6 Å². The summed E-state index contributed by atoms with van der Waals surface area (Å²) in [6, 6.07) is 19.4. The van der Waals surface area contributed by atoms with Gasteiger partial charge in [-0.25, -0.2) is 4.98 Å². The van der Waals surface area contributed by atoms with Gasteiger partial charge in [-0.1, -0.05) is 30.3 Å². The largest absolute Gasteiger partial charge is 0.497 e. The average molecular weight is 436 g/mol. The van der Waals surface area contributed by atoms with E-state index in [1.807, 2.05) is 62.5 Å². The molecule has 7 nitrogen and oxygen atoms in total. The first-order valence-electron chi connectivity index (χ1n) is 10.4. The molecule has 0 spiro atoms. The number of rotatable bonds is 11. The molecule has 2 aromatic carbocycles. The van der Waals surface area contributed by atoms with Crippen molar-refractivity contribution >= 4 is 11.8 Å². The van der Waals surface area contributed by atoms with Crippen molar-refractivity contribution in [3.8, 4) is 17.2 Å². The van der Waals surface area contributed by atoms with Crippen LogP contribution >= 0.6 is 0 Å². The van der Waals surface area contributed by atoms with E-state index in [0.29, 0.717) is 18.0 Å². The Bertz CT molecular complexity index is 1010. The van der Waals surface area contributed by atoms with E-state index < -0.39 is 5.97 Å². The predicted octanol–water partition coefficient (Wildman–Crippen LogP) is 4.75. The molecule has 7 heteroatoms. The third-order valence-corrected chi connectivity index (χ3v) is 5.08. The van der Waals surface area contributed by atoms with Crippen molar-refractivity contribution in [1.82, 2.24) is 9.88 Å². The number of aromatic nitrogens is 1. The van der Waals surface area contributed by atoms with Crippen molar-refractivity contribution in [1.29, 1.82) is 0 Å². The number of aryl methyl sites for hydroxylation is 1. The molecular weight excluding hydrogens is 406 g/mol. The quantitative estimate of drug-likeness (QED) is 0.450. The Labute approximate surface area is 188 Å². The van der Waals surface area contributed by atoms with Gasteiger partial charge in [-0.3, -0.25) is 9.69 Å². The van der Waals surface area contributed by atoms with E-state index in [0.717, 1.165) is 29.1 Å². The smallest absolute Gasteiger partial charge is 0.317 e. The fourth-order valence-corrected chi connectivity index (χ4v) is 3.35. The minimum Gasteiger partial charge on any atom is -0.497 e. The maximum Gasteiger partial charge on any atom is 0.317 e. The number of pyridine rings is 1. The molecule has 0 aliphatic heterocycles. The molecule has 1 atom stereocenters. The third-order valence-electron chi connectivity index (χ3n) is 5.08. The minimum atomic E-state index is -0.832. The number of methoxy groups -OCH3 is 1. The second-order valence-corrected chi connectivity index (χ2v) is 7.64. The second-order valence-electron chi connectivity index (χ2n) is 7.64. The zero-order valence-corrected chi connectivity index (χ0v) is 18.6. The molecule has 168 valence electrons. The first-order chi connectivity index (χ1) is 15.4. The van der Waals surface area contributed by atoms with Crippen LogP contribution in [0.1, 0.15) is 23.6 Å². The Morgan fingerprint density at radius 1 is 1.12 bits per heavy atom. The maximum absolute atomic E-state index is 11.0. The number of carboxylic acids is 1. The molecule has 0 saturated carbocycles. The Morgan fingerprint density at radius 3 is 2.44 bits per heavy atom. The summed E-state index contributed by atoms with van der Waals surface area (Å²) in [5.41, 5.74) is 2.07. The lowest BCUT2D eigenvalue weighted by atomic mass is 10.0. The fraction of sp³-hybridized carbons (Fsp3) is 0.280. The zero-order chi connectivity index (χ0) is 22.9. The first kappa shape index (κ1) is 23.1. The van der Waals surface area contributed by atoms with Gasteiger partial charge in [0.25, 0.3) is 0 Å². The molecule has 0 aliphatic carbocycles. The number of likely N-dealkylation sites (N-methyl/N-ethyl adjacent to an activating group) is 1. The van der Waals surface area contributed by atoms with Gasteiger partial charge in [0.05, 0.1) is 25.9 Å². The second kappa shape index (κ2) is 11.2. The number of anilines is 1. The van der Waals surface area contributed by atoms with Gasteiger partial charge in [-0.05, 0) is 61.9 Å². The van der Waals surface area contributed by atoms with Crippen LogP contribution in [-0.4, -0.2) is 48.2 Å². The number of nitrogens with one attached hydrogen (secondary N) is 1. The van der Waals surface area contributed by atoms with E-state index >= 15 is 0 Å². The Morgan fingerprint density at radius 2 is 1.81 bits per heavy atom. The summed E-state index contributed by atoms with van der Waals surface area (Å²) in [6.45, 7) is 2.62. The Balaban J connectivity index is 1.71. The lowest BCUT2D eigenvalue weighted by Crippen LogP contribution is -2.28. The van der Waals surface area contributed by atoms with E-state index in [9.17, 15) is 4.79 Å². The molecule has 0 saturated heterocycles. The molecule has 0 aliphatic rings. The summed E-state index contributed by atoms with van der Waals surface area (Å²) in [5.74, 6) is 2.06. The van der Waals surface area contributed by atoms with Crippen molar-refractivity contribution in [3.63, 3.8) is 0 Å². The number of nitrogens with zero attached hydrogens (tertiary/aromatic N) is 2. The summed E-state index contributed by atoms with van der Waals surface area (Å²) in [7, 11) is 3.44. The Hall–Kier alpha value is -3.58. The summed E-state index contributed by atoms with van der Waals surface area (Å²) in [4.78, 5) is 17.3. The van der Waals surface area contributed by atoms with Crippen LogP contribution in [0.25, 0.3) is 0 Å². The van der Waals surface area contributed by atoms with Gasteiger partial charge < -0.3 is 19.9 Å². The van der Waals surface area contributed by atoms with Gasteiger partial charge in [0.1, 0.15) is 23.1 Å². The molecule has 1 unspecified atom stereocenters. The van der Waals surface area contributed by atoms with Crippen LogP contribution in [0.15, 0.2) is 66.9 Å². The van der Waals surface area contributed by atoms with Gasteiger partial charge in [-0.2, -0.15) is 0 Å². The molecule has 2 N–H and O–H groups in total. The molecule has 0 amide bonds. The lowest BCUT2D eigenvalue weighted by Gasteiger charge is -2.23. The van der Waals surface area contributed by atoms with Crippen LogP contribution in [0.2, 0.25) is 0 Å². The molecule has 3 aromatic rings. The topological polar surface area (TPSA) is 83.9 Å². The number of ether oxygens (including phenoxy) is 2. The van der Waals surface area contributed by atoms with Crippen LogP contribution in [0.3, 0.4) is 0 Å². The number of benzene rings is 2. The van der Waals surface area contributed by atoms with E-state index in [1.165, 1.54) is 0 Å². The highest BCUT2D eigenvalue weighted by Crippen LogP contribution is 2.29. The van der Waals surface area contributed by atoms with Crippen molar-refractivity contribution in [2.45, 2.75) is 19.4 Å². The highest BCUT2D eigenvalue weighted by Gasteiger charge is 2.15. The average Bonchev–Trinajstić information content (AvgIpc) is 2.79. The zero-order valence-electron chi connectivity index (χ0n) is 18.6. The Kier molecular flexibility index (Phi) is 8.05. The number of hydrogen-bond acceptors (Lipinski definition) is 6. The molecule has 1 heterocycles. The highest BCUT2D eigenvalue weighted by molar-refractivity contribution is 5.69. The summed E-state index contributed by atoms with van der Waals surface area (Å²) in [6.07, 6.45) is 2.44. The van der Waals surface area contributed by atoms with Crippen molar-refractivity contribution in [2.75, 3.05) is 32.6 Å². The molecule has 32 heavy (non-hydrogen) atoms. The SMILES string of the molecule is COc1ccc(Oc2cnc(NC(CCN(C)CC(=O)O)c3ccccc3)cc2C)cc1. The van der Waals surface area contributed by atoms with Crippen LogP contribution in [0, 0.1) is 6.92 Å². The van der Waals surface area contributed by atoms with E-state index in [2.05, 4.69) is 22.4 Å². The molecule has 3 rings (SSSR count). The van der Waals surface area contributed by atoms with Gasteiger partial charge >= 0.3 is 5.97 Å².